The van der Waals surface area contributed by atoms with E-state index in [1.54, 1.807) is 42.5 Å². The zero-order chi connectivity index (χ0) is 18.3. The van der Waals surface area contributed by atoms with E-state index in [1.165, 1.54) is 0 Å². The fraction of sp³-hybridized carbons (Fsp3) is 0.300. The summed E-state index contributed by atoms with van der Waals surface area (Å²) < 4.78 is 0. The van der Waals surface area contributed by atoms with Crippen molar-refractivity contribution in [1.82, 2.24) is 10.2 Å². The lowest BCUT2D eigenvalue weighted by Crippen LogP contribution is -2.32. The smallest absolute Gasteiger partial charge is 0.254 e. The molecule has 2 aromatic rings. The Morgan fingerprint density at radius 1 is 0.923 bits per heavy atom. The number of carbonyl (C=O) groups excluding carboxylic acids is 2. The molecule has 0 radical (unpaired) electrons. The number of benzene rings is 2. The molecule has 4 nitrogen and oxygen atoms in total. The summed E-state index contributed by atoms with van der Waals surface area (Å²) in [4.78, 5) is 27.9. The molecular formula is C20H18Cl2N2O2. The molecule has 2 aliphatic rings. The van der Waals surface area contributed by atoms with Crippen LogP contribution in [0.4, 0.5) is 0 Å². The maximum atomic E-state index is 13.1. The van der Waals surface area contributed by atoms with Crippen molar-refractivity contribution in [2.45, 2.75) is 0 Å². The van der Waals surface area contributed by atoms with Gasteiger partial charge in [-0.1, -0.05) is 41.4 Å². The van der Waals surface area contributed by atoms with E-state index in [0.717, 1.165) is 26.2 Å². The molecule has 0 spiro atoms. The molecule has 4 rings (SSSR count). The van der Waals surface area contributed by atoms with Gasteiger partial charge in [-0.05, 0) is 36.1 Å². The second-order valence-electron chi connectivity index (χ2n) is 6.89. The summed E-state index contributed by atoms with van der Waals surface area (Å²) in [6.07, 6.45) is 0. The van der Waals surface area contributed by atoms with Gasteiger partial charge in [0.05, 0.1) is 15.6 Å². The van der Waals surface area contributed by atoms with Crippen molar-refractivity contribution in [3.05, 3.63) is 69.2 Å². The first-order valence-corrected chi connectivity index (χ1v) is 9.39. The van der Waals surface area contributed by atoms with Crippen molar-refractivity contribution in [1.29, 1.82) is 0 Å². The Hall–Kier alpha value is -1.88. The second kappa shape index (κ2) is 7.03. The number of likely N-dealkylation sites (tertiary alicyclic amines) is 1. The van der Waals surface area contributed by atoms with Gasteiger partial charge in [0.25, 0.3) is 5.91 Å². The number of nitrogens with zero attached hydrogens (tertiary/aromatic N) is 1. The molecule has 2 fully saturated rings. The number of rotatable bonds is 3. The van der Waals surface area contributed by atoms with E-state index in [9.17, 15) is 9.59 Å². The topological polar surface area (TPSA) is 49.4 Å². The van der Waals surface area contributed by atoms with E-state index in [0.29, 0.717) is 38.6 Å². The summed E-state index contributed by atoms with van der Waals surface area (Å²) in [7, 11) is 0. The van der Waals surface area contributed by atoms with Crippen molar-refractivity contribution in [2.24, 2.45) is 11.8 Å². The Balaban J connectivity index is 1.63. The Kier molecular flexibility index (Phi) is 4.74. The minimum Gasteiger partial charge on any atom is -0.338 e. The fourth-order valence-electron chi connectivity index (χ4n) is 3.85. The van der Waals surface area contributed by atoms with Crippen LogP contribution in [0.15, 0.2) is 42.5 Å². The van der Waals surface area contributed by atoms with E-state index in [4.69, 9.17) is 23.2 Å². The molecule has 0 bridgehead atoms. The van der Waals surface area contributed by atoms with Crippen molar-refractivity contribution in [3.63, 3.8) is 0 Å². The zero-order valence-corrected chi connectivity index (χ0v) is 15.6. The normalized spacial score (nSPS) is 21.7. The Morgan fingerprint density at radius 3 is 2.23 bits per heavy atom. The monoisotopic (exact) mass is 388 g/mol. The summed E-state index contributed by atoms with van der Waals surface area (Å²) in [5.41, 5.74) is 1.25. The first kappa shape index (κ1) is 17.5. The van der Waals surface area contributed by atoms with Crippen molar-refractivity contribution in [3.8, 4) is 0 Å². The lowest BCUT2D eigenvalue weighted by Gasteiger charge is -2.19. The summed E-state index contributed by atoms with van der Waals surface area (Å²) >= 11 is 12.0. The molecule has 2 saturated heterocycles. The summed E-state index contributed by atoms with van der Waals surface area (Å²) in [5, 5.41) is 4.08. The summed E-state index contributed by atoms with van der Waals surface area (Å²) in [6, 6.07) is 11.7. The maximum Gasteiger partial charge on any atom is 0.254 e. The van der Waals surface area contributed by atoms with Crippen molar-refractivity contribution >= 4 is 34.9 Å². The number of ketones is 1. The number of carbonyl (C=O) groups is 2. The highest BCUT2D eigenvalue weighted by Gasteiger charge is 2.38. The molecule has 1 N–H and O–H groups in total. The predicted octanol–water partition coefficient (Wildman–Crippen LogP) is 3.52. The lowest BCUT2D eigenvalue weighted by molar-refractivity contribution is 0.0777. The van der Waals surface area contributed by atoms with Gasteiger partial charge in [0.2, 0.25) is 0 Å². The number of nitrogens with one attached hydrogen (secondary N) is 1. The molecule has 6 heteroatoms. The van der Waals surface area contributed by atoms with E-state index < -0.39 is 0 Å². The molecule has 1 amide bonds. The Labute approximate surface area is 162 Å². The second-order valence-corrected chi connectivity index (χ2v) is 7.71. The predicted molar refractivity (Wildman–Crippen MR) is 102 cm³/mol. The van der Waals surface area contributed by atoms with Gasteiger partial charge in [-0.3, -0.25) is 9.59 Å². The van der Waals surface area contributed by atoms with E-state index in [2.05, 4.69) is 5.32 Å². The van der Waals surface area contributed by atoms with Crippen LogP contribution in [-0.4, -0.2) is 42.8 Å². The van der Waals surface area contributed by atoms with Crippen LogP contribution in [0, 0.1) is 11.8 Å². The molecule has 2 aromatic carbocycles. The molecule has 0 aromatic heterocycles. The van der Waals surface area contributed by atoms with Gasteiger partial charge >= 0.3 is 0 Å². The molecule has 134 valence electrons. The third-order valence-electron chi connectivity index (χ3n) is 5.26. The van der Waals surface area contributed by atoms with Gasteiger partial charge in [0, 0.05) is 37.3 Å². The summed E-state index contributed by atoms with van der Waals surface area (Å²) in [6.45, 7) is 3.40. The van der Waals surface area contributed by atoms with E-state index >= 15 is 0 Å². The van der Waals surface area contributed by atoms with Gasteiger partial charge in [0.1, 0.15) is 0 Å². The van der Waals surface area contributed by atoms with Crippen LogP contribution < -0.4 is 5.32 Å². The third-order valence-corrected chi connectivity index (χ3v) is 6.00. The average molecular weight is 389 g/mol. The molecule has 26 heavy (non-hydrogen) atoms. The van der Waals surface area contributed by atoms with Gasteiger partial charge < -0.3 is 10.2 Å². The van der Waals surface area contributed by atoms with Crippen LogP contribution in [0.25, 0.3) is 0 Å². The molecule has 2 atom stereocenters. The molecule has 0 unspecified atom stereocenters. The molecule has 0 saturated carbocycles. The largest absolute Gasteiger partial charge is 0.338 e. The highest BCUT2D eigenvalue weighted by molar-refractivity contribution is 6.42. The fourth-order valence-corrected chi connectivity index (χ4v) is 4.15. The van der Waals surface area contributed by atoms with Gasteiger partial charge in [-0.2, -0.15) is 0 Å². The Morgan fingerprint density at radius 2 is 1.58 bits per heavy atom. The van der Waals surface area contributed by atoms with Gasteiger partial charge in [-0.25, -0.2) is 0 Å². The maximum absolute atomic E-state index is 13.1. The van der Waals surface area contributed by atoms with Crippen LogP contribution in [0.1, 0.15) is 26.3 Å². The minimum atomic E-state index is -0.228. The third kappa shape index (κ3) is 3.13. The van der Waals surface area contributed by atoms with Crippen LogP contribution in [0.5, 0.6) is 0 Å². The SMILES string of the molecule is O=C(c1ccc(Cl)c(Cl)c1)c1ccccc1C(=O)N1C[C@H]2CNC[C@H]2C1. The average Bonchev–Trinajstić information content (AvgIpc) is 3.25. The molecule has 2 aliphatic heterocycles. The first-order chi connectivity index (χ1) is 12.5. The zero-order valence-electron chi connectivity index (χ0n) is 14.0. The van der Waals surface area contributed by atoms with E-state index in [1.807, 2.05) is 4.90 Å². The van der Waals surface area contributed by atoms with Crippen LogP contribution in [0.3, 0.4) is 0 Å². The molecule has 0 aliphatic carbocycles. The molecular weight excluding hydrogens is 371 g/mol. The van der Waals surface area contributed by atoms with E-state index in [-0.39, 0.29) is 11.7 Å². The van der Waals surface area contributed by atoms with Gasteiger partial charge in [0.15, 0.2) is 5.78 Å². The number of halogens is 2. The number of hydrogen-bond acceptors (Lipinski definition) is 3. The van der Waals surface area contributed by atoms with Crippen LogP contribution in [0.2, 0.25) is 10.0 Å². The number of fused-ring (bicyclic) bond motifs is 1. The minimum absolute atomic E-state index is 0.0802. The van der Waals surface area contributed by atoms with Crippen molar-refractivity contribution in [2.75, 3.05) is 26.2 Å². The lowest BCUT2D eigenvalue weighted by atomic mass is 9.97. The number of amides is 1. The van der Waals surface area contributed by atoms with Gasteiger partial charge in [-0.15, -0.1) is 0 Å². The quantitative estimate of drug-likeness (QED) is 0.818. The highest BCUT2D eigenvalue weighted by atomic mass is 35.5. The Bertz CT molecular complexity index is 872. The van der Waals surface area contributed by atoms with Crippen LogP contribution >= 0.6 is 23.2 Å². The summed E-state index contributed by atoms with van der Waals surface area (Å²) in [5.74, 6) is 0.714. The standard InChI is InChI=1S/C20H18Cl2N2O2/c21-17-6-5-12(7-18(17)22)19(25)15-3-1-2-4-16(15)20(26)24-10-13-8-23-9-14(13)11-24/h1-7,13-14,23H,8-11H2/t13-,14+. The van der Waals surface area contributed by atoms with Crippen molar-refractivity contribution < 1.29 is 9.59 Å². The van der Waals surface area contributed by atoms with Crippen LogP contribution in [-0.2, 0) is 0 Å². The first-order valence-electron chi connectivity index (χ1n) is 8.63. The molecule has 2 heterocycles. The highest BCUT2D eigenvalue weighted by Crippen LogP contribution is 2.29. The number of hydrogen-bond donors (Lipinski definition) is 1.